The molecule has 3 rings (SSSR count). The second-order valence-electron chi connectivity index (χ2n) is 5.82. The summed E-state index contributed by atoms with van der Waals surface area (Å²) in [5.74, 6) is -0.208. The highest BCUT2D eigenvalue weighted by Crippen LogP contribution is 2.44. The molecule has 1 saturated carbocycles. The molecule has 1 fully saturated rings. The van der Waals surface area contributed by atoms with E-state index in [-0.39, 0.29) is 5.92 Å². The van der Waals surface area contributed by atoms with Crippen LogP contribution in [0.1, 0.15) is 43.6 Å². The molecule has 0 bridgehead atoms. The van der Waals surface area contributed by atoms with Crippen LogP contribution in [0.2, 0.25) is 0 Å². The van der Waals surface area contributed by atoms with Crippen LogP contribution in [0.3, 0.4) is 0 Å². The Kier molecular flexibility index (Phi) is 3.55. The minimum Gasteiger partial charge on any atom is -0.497 e. The quantitative estimate of drug-likeness (QED) is 0.870. The molecule has 2 aliphatic rings. The predicted molar refractivity (Wildman–Crippen MR) is 77.4 cm³/mol. The van der Waals surface area contributed by atoms with Crippen molar-refractivity contribution in [2.75, 3.05) is 12.4 Å². The molecule has 2 N–H and O–H groups in total. The molecule has 1 aliphatic carbocycles. The molecule has 3 unspecified atom stereocenters. The maximum absolute atomic E-state index is 11.8. The van der Waals surface area contributed by atoms with Gasteiger partial charge in [0.25, 0.3) is 0 Å². The monoisotopic (exact) mass is 275 g/mol. The highest BCUT2D eigenvalue weighted by atomic mass is 16.5. The lowest BCUT2D eigenvalue weighted by Crippen LogP contribution is -2.40. The Balaban J connectivity index is 2.04. The van der Waals surface area contributed by atoms with Crippen LogP contribution in [0, 0.1) is 5.92 Å². The average Bonchev–Trinajstić information content (AvgIpc) is 2.68. The molecule has 1 aliphatic heterocycles. The van der Waals surface area contributed by atoms with E-state index >= 15 is 0 Å². The van der Waals surface area contributed by atoms with E-state index in [1.54, 1.807) is 7.11 Å². The summed E-state index contributed by atoms with van der Waals surface area (Å²) in [7, 11) is 1.61. The molecule has 0 saturated heterocycles. The fraction of sp³-hybridized carbons (Fsp3) is 0.562. The van der Waals surface area contributed by atoms with E-state index < -0.39 is 11.9 Å². The summed E-state index contributed by atoms with van der Waals surface area (Å²) in [5, 5.41) is 13.3. The zero-order chi connectivity index (χ0) is 14.1. The topological polar surface area (TPSA) is 58.6 Å². The molecule has 3 atom stereocenters. The molecule has 0 spiro atoms. The Morgan fingerprint density at radius 3 is 2.85 bits per heavy atom. The Morgan fingerprint density at radius 1 is 1.30 bits per heavy atom. The van der Waals surface area contributed by atoms with Crippen molar-refractivity contribution in [2.24, 2.45) is 5.92 Å². The summed E-state index contributed by atoms with van der Waals surface area (Å²) in [5.41, 5.74) is 1.83. The third-order valence-electron chi connectivity index (χ3n) is 4.70. The van der Waals surface area contributed by atoms with E-state index in [9.17, 15) is 9.90 Å². The first kappa shape index (κ1) is 13.3. The van der Waals surface area contributed by atoms with Gasteiger partial charge < -0.3 is 15.2 Å². The zero-order valence-corrected chi connectivity index (χ0v) is 11.8. The van der Waals surface area contributed by atoms with Crippen LogP contribution in [0.15, 0.2) is 18.2 Å². The van der Waals surface area contributed by atoms with Gasteiger partial charge in [-0.2, -0.15) is 0 Å². The summed E-state index contributed by atoms with van der Waals surface area (Å²) >= 11 is 0. The number of ether oxygens (including phenoxy) is 1. The second kappa shape index (κ2) is 5.35. The maximum Gasteiger partial charge on any atom is 0.311 e. The number of rotatable bonds is 2. The van der Waals surface area contributed by atoms with Crippen LogP contribution in [0.5, 0.6) is 5.75 Å². The molecule has 108 valence electrons. The summed E-state index contributed by atoms with van der Waals surface area (Å²) in [4.78, 5) is 11.8. The van der Waals surface area contributed by atoms with Crippen LogP contribution >= 0.6 is 0 Å². The molecule has 1 aromatic carbocycles. The lowest BCUT2D eigenvalue weighted by atomic mass is 9.75. The Hall–Kier alpha value is -1.71. The van der Waals surface area contributed by atoms with Crippen molar-refractivity contribution >= 4 is 11.7 Å². The van der Waals surface area contributed by atoms with Crippen molar-refractivity contribution in [2.45, 2.75) is 44.1 Å². The van der Waals surface area contributed by atoms with Gasteiger partial charge in [-0.05, 0) is 42.5 Å². The van der Waals surface area contributed by atoms with E-state index in [1.165, 1.54) is 12.8 Å². The van der Waals surface area contributed by atoms with Crippen LogP contribution in [0.4, 0.5) is 5.69 Å². The summed E-state index contributed by atoms with van der Waals surface area (Å²) in [6.45, 7) is 0. The Bertz CT molecular complexity index is 514. The van der Waals surface area contributed by atoms with Gasteiger partial charge in [-0.1, -0.05) is 19.3 Å². The van der Waals surface area contributed by atoms with E-state index in [4.69, 9.17) is 4.74 Å². The van der Waals surface area contributed by atoms with E-state index in [1.807, 2.05) is 18.2 Å². The van der Waals surface area contributed by atoms with Gasteiger partial charge >= 0.3 is 5.97 Å². The number of carbonyl (C=O) groups is 1. The van der Waals surface area contributed by atoms with Gasteiger partial charge in [0.15, 0.2) is 0 Å². The van der Waals surface area contributed by atoms with Gasteiger partial charge in [-0.3, -0.25) is 4.79 Å². The summed E-state index contributed by atoms with van der Waals surface area (Å²) < 4.78 is 5.25. The largest absolute Gasteiger partial charge is 0.497 e. The minimum absolute atomic E-state index is 0.189. The molecule has 4 nitrogen and oxygen atoms in total. The first-order valence-corrected chi connectivity index (χ1v) is 7.38. The molecular formula is C16H21NO3. The number of methoxy groups -OCH3 is 1. The van der Waals surface area contributed by atoms with Crippen molar-refractivity contribution < 1.29 is 14.6 Å². The van der Waals surface area contributed by atoms with Gasteiger partial charge in [0, 0.05) is 11.7 Å². The minimum atomic E-state index is -0.710. The number of nitrogens with one attached hydrogen (secondary N) is 1. The number of carboxylic acid groups (broad SMARTS) is 1. The average molecular weight is 275 g/mol. The fourth-order valence-corrected chi connectivity index (χ4v) is 3.72. The van der Waals surface area contributed by atoms with Gasteiger partial charge in [-0.15, -0.1) is 0 Å². The third kappa shape index (κ3) is 2.23. The molecule has 0 amide bonds. The highest BCUT2D eigenvalue weighted by Gasteiger charge is 2.41. The van der Waals surface area contributed by atoms with Crippen molar-refractivity contribution in [1.29, 1.82) is 0 Å². The van der Waals surface area contributed by atoms with Crippen molar-refractivity contribution in [3.05, 3.63) is 23.8 Å². The fourth-order valence-electron chi connectivity index (χ4n) is 3.72. The predicted octanol–water partition coefficient (Wildman–Crippen LogP) is 3.24. The Labute approximate surface area is 119 Å². The van der Waals surface area contributed by atoms with E-state index in [2.05, 4.69) is 5.32 Å². The zero-order valence-electron chi connectivity index (χ0n) is 11.8. The van der Waals surface area contributed by atoms with Gasteiger partial charge in [0.1, 0.15) is 5.75 Å². The van der Waals surface area contributed by atoms with Gasteiger partial charge in [-0.25, -0.2) is 0 Å². The van der Waals surface area contributed by atoms with E-state index in [0.29, 0.717) is 6.04 Å². The smallest absolute Gasteiger partial charge is 0.311 e. The number of fused-ring (bicyclic) bond motifs is 2. The van der Waals surface area contributed by atoms with E-state index in [0.717, 1.165) is 36.3 Å². The number of aliphatic carboxylic acids is 1. The normalized spacial score (nSPS) is 28.6. The van der Waals surface area contributed by atoms with Gasteiger partial charge in [0.2, 0.25) is 0 Å². The molecular weight excluding hydrogens is 254 g/mol. The SMILES string of the molecule is COc1ccc2c(c1)C(C(=O)O)C1CCCCCC1N2. The summed E-state index contributed by atoms with van der Waals surface area (Å²) in [6, 6.07) is 6.01. The molecule has 1 heterocycles. The number of hydrogen-bond donors (Lipinski definition) is 2. The first-order valence-electron chi connectivity index (χ1n) is 7.38. The molecule has 0 aromatic heterocycles. The molecule has 0 radical (unpaired) electrons. The number of hydrogen-bond acceptors (Lipinski definition) is 3. The molecule has 1 aromatic rings. The van der Waals surface area contributed by atoms with Crippen molar-refractivity contribution in [1.82, 2.24) is 0 Å². The third-order valence-corrected chi connectivity index (χ3v) is 4.70. The summed E-state index contributed by atoms with van der Waals surface area (Å²) in [6.07, 6.45) is 5.59. The first-order chi connectivity index (χ1) is 9.70. The maximum atomic E-state index is 11.8. The number of benzene rings is 1. The van der Waals surface area contributed by atoms with Crippen LogP contribution in [0.25, 0.3) is 0 Å². The number of anilines is 1. The molecule has 20 heavy (non-hydrogen) atoms. The lowest BCUT2D eigenvalue weighted by Gasteiger charge is -2.38. The second-order valence-corrected chi connectivity index (χ2v) is 5.82. The Morgan fingerprint density at radius 2 is 2.10 bits per heavy atom. The highest BCUT2D eigenvalue weighted by molar-refractivity contribution is 5.81. The van der Waals surface area contributed by atoms with Crippen molar-refractivity contribution in [3.63, 3.8) is 0 Å². The van der Waals surface area contributed by atoms with Gasteiger partial charge in [0.05, 0.1) is 13.0 Å². The lowest BCUT2D eigenvalue weighted by molar-refractivity contribution is -0.140. The van der Waals surface area contributed by atoms with Crippen LogP contribution < -0.4 is 10.1 Å². The van der Waals surface area contributed by atoms with Crippen molar-refractivity contribution in [3.8, 4) is 5.75 Å². The number of carboxylic acids is 1. The standard InChI is InChI=1S/C16H21NO3/c1-20-10-7-8-14-12(9-10)15(16(18)19)11-5-3-2-4-6-13(11)17-14/h7-9,11,13,15,17H,2-6H2,1H3,(H,18,19). The van der Waals surface area contributed by atoms with Crippen LogP contribution in [-0.2, 0) is 4.79 Å². The molecule has 4 heteroatoms. The van der Waals surface area contributed by atoms with Crippen LogP contribution in [-0.4, -0.2) is 24.2 Å².